The smallest absolute Gasteiger partial charge is 0.257 e. The number of anilines is 1. The Hall–Kier alpha value is -2.80. The second kappa shape index (κ2) is 4.64. The molecular formula is C14H9N5OS. The number of hydrogen-bond donors (Lipinski definition) is 1. The zero-order valence-corrected chi connectivity index (χ0v) is 11.5. The number of nitrogens with one attached hydrogen (secondary N) is 1. The summed E-state index contributed by atoms with van der Waals surface area (Å²) in [6, 6.07) is 13.5. The molecule has 4 aromatic rings. The molecule has 6 nitrogen and oxygen atoms in total. The van der Waals surface area contributed by atoms with E-state index in [1.54, 1.807) is 6.07 Å². The van der Waals surface area contributed by atoms with Gasteiger partial charge in [0.05, 0.1) is 0 Å². The van der Waals surface area contributed by atoms with Crippen molar-refractivity contribution in [3.05, 3.63) is 54.4 Å². The molecule has 0 bridgehead atoms. The number of fused-ring (bicyclic) bond motifs is 2. The van der Waals surface area contributed by atoms with Gasteiger partial charge in [-0.15, -0.1) is 15.3 Å². The van der Waals surface area contributed by atoms with Gasteiger partial charge in [0.1, 0.15) is 6.33 Å². The maximum Gasteiger partial charge on any atom is 0.257 e. The summed E-state index contributed by atoms with van der Waals surface area (Å²) < 4.78 is 1.53. The van der Waals surface area contributed by atoms with Gasteiger partial charge in [0.25, 0.3) is 5.91 Å². The molecule has 1 N–H and O–H groups in total. The second-order valence-corrected chi connectivity index (χ2v) is 5.44. The van der Waals surface area contributed by atoms with E-state index < -0.39 is 0 Å². The highest BCUT2D eigenvalue weighted by molar-refractivity contribution is 7.20. The van der Waals surface area contributed by atoms with E-state index in [0.29, 0.717) is 15.7 Å². The van der Waals surface area contributed by atoms with Crippen molar-refractivity contribution in [2.24, 2.45) is 0 Å². The van der Waals surface area contributed by atoms with Gasteiger partial charge in [0.2, 0.25) is 10.1 Å². The van der Waals surface area contributed by atoms with Crippen LogP contribution in [0.5, 0.6) is 0 Å². The normalized spacial score (nSPS) is 11.0. The molecular weight excluding hydrogens is 286 g/mol. The number of nitrogens with zero attached hydrogens (tertiary/aromatic N) is 4. The van der Waals surface area contributed by atoms with Crippen molar-refractivity contribution in [1.82, 2.24) is 19.8 Å². The maximum absolute atomic E-state index is 12.3. The summed E-state index contributed by atoms with van der Waals surface area (Å²) in [6.45, 7) is 0. The van der Waals surface area contributed by atoms with Gasteiger partial charge in [-0.2, -0.15) is 4.52 Å². The van der Waals surface area contributed by atoms with Crippen LogP contribution in [0.25, 0.3) is 15.7 Å². The highest BCUT2D eigenvalue weighted by atomic mass is 32.1. The van der Waals surface area contributed by atoms with Crippen molar-refractivity contribution in [2.75, 3.05) is 5.32 Å². The Labute approximate surface area is 123 Å². The van der Waals surface area contributed by atoms with Crippen molar-refractivity contribution >= 4 is 38.1 Å². The summed E-state index contributed by atoms with van der Waals surface area (Å²) in [6.07, 6.45) is 1.50. The van der Waals surface area contributed by atoms with Crippen molar-refractivity contribution in [3.8, 4) is 0 Å². The van der Waals surface area contributed by atoms with Crippen LogP contribution in [0.3, 0.4) is 0 Å². The molecule has 0 atom stereocenters. The number of aromatic nitrogens is 4. The number of carbonyl (C=O) groups excluding carboxylic acids is 1. The number of benzene rings is 2. The van der Waals surface area contributed by atoms with Gasteiger partial charge in [-0.1, -0.05) is 41.7 Å². The van der Waals surface area contributed by atoms with E-state index in [9.17, 15) is 4.79 Å². The predicted molar refractivity (Wildman–Crippen MR) is 80.6 cm³/mol. The molecule has 0 spiro atoms. The zero-order chi connectivity index (χ0) is 14.2. The van der Waals surface area contributed by atoms with Crippen LogP contribution in [0.4, 0.5) is 5.13 Å². The van der Waals surface area contributed by atoms with Gasteiger partial charge in [-0.3, -0.25) is 10.1 Å². The van der Waals surface area contributed by atoms with E-state index in [0.717, 1.165) is 10.8 Å². The molecule has 4 rings (SSSR count). The van der Waals surface area contributed by atoms with Crippen molar-refractivity contribution in [3.63, 3.8) is 0 Å². The lowest BCUT2D eigenvalue weighted by atomic mass is 10.1. The van der Waals surface area contributed by atoms with Gasteiger partial charge in [-0.05, 0) is 22.9 Å². The molecule has 0 saturated heterocycles. The molecule has 0 saturated carbocycles. The summed E-state index contributed by atoms with van der Waals surface area (Å²) >= 11 is 1.28. The number of amides is 1. The molecule has 2 aromatic carbocycles. The molecule has 1 amide bonds. The average molecular weight is 295 g/mol. The van der Waals surface area contributed by atoms with E-state index in [4.69, 9.17) is 0 Å². The zero-order valence-electron chi connectivity index (χ0n) is 10.7. The highest BCUT2D eigenvalue weighted by Crippen LogP contribution is 2.19. The van der Waals surface area contributed by atoms with Gasteiger partial charge in [0, 0.05) is 5.56 Å². The third kappa shape index (κ3) is 2.13. The lowest BCUT2D eigenvalue weighted by Gasteiger charge is -2.03. The van der Waals surface area contributed by atoms with Crippen molar-refractivity contribution < 1.29 is 4.79 Å². The van der Waals surface area contributed by atoms with Crippen LogP contribution in [-0.4, -0.2) is 25.7 Å². The van der Waals surface area contributed by atoms with Crippen LogP contribution >= 0.6 is 11.3 Å². The fourth-order valence-corrected chi connectivity index (χ4v) is 2.83. The largest absolute Gasteiger partial charge is 0.296 e. The van der Waals surface area contributed by atoms with Gasteiger partial charge in [0.15, 0.2) is 0 Å². The molecule has 0 aliphatic heterocycles. The first-order valence-corrected chi connectivity index (χ1v) is 7.08. The van der Waals surface area contributed by atoms with E-state index in [1.165, 1.54) is 22.2 Å². The summed E-state index contributed by atoms with van der Waals surface area (Å²) in [4.78, 5) is 12.9. The van der Waals surface area contributed by atoms with Crippen molar-refractivity contribution in [1.29, 1.82) is 0 Å². The Morgan fingerprint density at radius 1 is 1.14 bits per heavy atom. The van der Waals surface area contributed by atoms with Crippen LogP contribution in [0, 0.1) is 0 Å². The summed E-state index contributed by atoms with van der Waals surface area (Å²) in [5.74, 6) is -0.189. The molecule has 0 fully saturated rings. The predicted octanol–water partition coefficient (Wildman–Crippen LogP) is 2.59. The van der Waals surface area contributed by atoms with E-state index >= 15 is 0 Å². The average Bonchev–Trinajstić information content (AvgIpc) is 3.08. The molecule has 2 aromatic heterocycles. The standard InChI is InChI=1S/C14H9N5OS/c20-12(16-13-18-19-8-15-17-14(19)21-13)11-6-5-9-3-1-2-4-10(9)7-11/h1-8H,(H,16,18,20). The number of rotatable bonds is 2. The lowest BCUT2D eigenvalue weighted by Crippen LogP contribution is -2.11. The molecule has 0 aliphatic carbocycles. The third-order valence-corrected chi connectivity index (χ3v) is 3.95. The highest BCUT2D eigenvalue weighted by Gasteiger charge is 2.11. The monoisotopic (exact) mass is 295 g/mol. The summed E-state index contributed by atoms with van der Waals surface area (Å²) in [5.41, 5.74) is 0.597. The fourth-order valence-electron chi connectivity index (χ4n) is 2.11. The minimum absolute atomic E-state index is 0.189. The van der Waals surface area contributed by atoms with Gasteiger partial charge >= 0.3 is 0 Å². The Kier molecular flexibility index (Phi) is 2.65. The lowest BCUT2D eigenvalue weighted by molar-refractivity contribution is 0.102. The van der Waals surface area contributed by atoms with E-state index in [-0.39, 0.29) is 5.91 Å². The molecule has 102 valence electrons. The van der Waals surface area contributed by atoms with Crippen LogP contribution < -0.4 is 5.32 Å². The van der Waals surface area contributed by atoms with Crippen LogP contribution in [0.2, 0.25) is 0 Å². The first-order chi connectivity index (χ1) is 10.3. The maximum atomic E-state index is 12.3. The van der Waals surface area contributed by atoms with Gasteiger partial charge in [-0.25, -0.2) is 0 Å². The Balaban J connectivity index is 1.64. The Morgan fingerprint density at radius 3 is 2.86 bits per heavy atom. The summed E-state index contributed by atoms with van der Waals surface area (Å²) in [5, 5.41) is 17.2. The van der Waals surface area contributed by atoms with E-state index in [1.807, 2.05) is 36.4 Å². The second-order valence-electron chi connectivity index (χ2n) is 4.48. The Morgan fingerprint density at radius 2 is 2.00 bits per heavy atom. The fraction of sp³-hybridized carbons (Fsp3) is 0. The minimum Gasteiger partial charge on any atom is -0.296 e. The van der Waals surface area contributed by atoms with Crippen LogP contribution in [-0.2, 0) is 0 Å². The topological polar surface area (TPSA) is 72.2 Å². The van der Waals surface area contributed by atoms with Gasteiger partial charge < -0.3 is 0 Å². The number of carbonyl (C=O) groups is 1. The molecule has 2 heterocycles. The quantitative estimate of drug-likeness (QED) is 0.617. The van der Waals surface area contributed by atoms with E-state index in [2.05, 4.69) is 20.6 Å². The van der Waals surface area contributed by atoms with Crippen LogP contribution in [0.15, 0.2) is 48.8 Å². The SMILES string of the molecule is O=C(Nc1nn2cnnc2s1)c1ccc2ccccc2c1. The Bertz CT molecular complexity index is 929. The summed E-state index contributed by atoms with van der Waals surface area (Å²) in [7, 11) is 0. The molecule has 0 aliphatic rings. The van der Waals surface area contributed by atoms with Crippen LogP contribution in [0.1, 0.15) is 10.4 Å². The molecule has 7 heteroatoms. The minimum atomic E-state index is -0.189. The molecule has 0 unspecified atom stereocenters. The molecule has 0 radical (unpaired) electrons. The third-order valence-electron chi connectivity index (χ3n) is 3.12. The van der Waals surface area contributed by atoms with Crippen molar-refractivity contribution in [2.45, 2.75) is 0 Å². The molecule has 21 heavy (non-hydrogen) atoms. The first-order valence-electron chi connectivity index (χ1n) is 6.26. The first kappa shape index (κ1) is 12.0. The number of hydrogen-bond acceptors (Lipinski definition) is 5.